The highest BCUT2D eigenvalue weighted by Crippen LogP contribution is 2.06. The fraction of sp³-hybridized carbons (Fsp3) is 0.700. The maximum Gasteiger partial charge on any atom is 0.326 e. The number of nitrogens with two attached hydrogens (primary N) is 3. The van der Waals surface area contributed by atoms with E-state index in [9.17, 15) is 34.2 Å². The first kappa shape index (κ1) is 31.9. The van der Waals surface area contributed by atoms with Gasteiger partial charge in [0, 0.05) is 6.54 Å². The Morgan fingerprint density at radius 1 is 0.886 bits per heavy atom. The van der Waals surface area contributed by atoms with E-state index < -0.39 is 60.2 Å². The monoisotopic (exact) mass is 519 g/mol. The lowest BCUT2D eigenvalue weighted by molar-refractivity contribution is -0.143. The SMILES string of the molecule is CSCCC(NC(=O)C(N)C(C)C)C(=O)NC(CC(=O)O)C(=O)NC(CCCN=C(N)N)C(=O)O. The van der Waals surface area contributed by atoms with Crippen LogP contribution in [0.5, 0.6) is 0 Å². The zero-order valence-corrected chi connectivity index (χ0v) is 21.0. The van der Waals surface area contributed by atoms with E-state index in [1.807, 2.05) is 0 Å². The molecule has 35 heavy (non-hydrogen) atoms. The average molecular weight is 520 g/mol. The van der Waals surface area contributed by atoms with Gasteiger partial charge in [0.25, 0.3) is 0 Å². The van der Waals surface area contributed by atoms with Gasteiger partial charge in [-0.05, 0) is 37.2 Å². The van der Waals surface area contributed by atoms with Crippen LogP contribution in [0.2, 0.25) is 0 Å². The van der Waals surface area contributed by atoms with Crippen LogP contribution in [0.25, 0.3) is 0 Å². The fourth-order valence-electron chi connectivity index (χ4n) is 2.76. The van der Waals surface area contributed by atoms with E-state index in [1.54, 1.807) is 20.1 Å². The molecule has 0 aromatic heterocycles. The van der Waals surface area contributed by atoms with Crippen molar-refractivity contribution < 1.29 is 34.2 Å². The second-order valence-electron chi connectivity index (χ2n) is 8.12. The smallest absolute Gasteiger partial charge is 0.326 e. The second kappa shape index (κ2) is 16.5. The van der Waals surface area contributed by atoms with Gasteiger partial charge in [0.2, 0.25) is 17.7 Å². The van der Waals surface area contributed by atoms with E-state index in [1.165, 1.54) is 11.8 Å². The van der Waals surface area contributed by atoms with Gasteiger partial charge in [-0.1, -0.05) is 13.8 Å². The molecule has 3 amide bonds. The Morgan fingerprint density at radius 2 is 1.43 bits per heavy atom. The first-order chi connectivity index (χ1) is 16.3. The molecule has 0 saturated heterocycles. The van der Waals surface area contributed by atoms with Gasteiger partial charge in [-0.2, -0.15) is 11.8 Å². The van der Waals surface area contributed by atoms with Crippen LogP contribution in [-0.2, 0) is 24.0 Å². The number of carboxylic acids is 2. The number of guanidine groups is 1. The summed E-state index contributed by atoms with van der Waals surface area (Å²) < 4.78 is 0. The lowest BCUT2D eigenvalue weighted by atomic mass is 10.0. The number of carboxylic acid groups (broad SMARTS) is 2. The molecule has 0 spiro atoms. The second-order valence-corrected chi connectivity index (χ2v) is 9.11. The molecule has 0 heterocycles. The zero-order valence-electron chi connectivity index (χ0n) is 20.2. The Bertz CT molecular complexity index is 775. The normalized spacial score (nSPS) is 14.2. The number of hydrogen-bond acceptors (Lipinski definition) is 8. The largest absolute Gasteiger partial charge is 0.481 e. The van der Waals surface area contributed by atoms with Crippen LogP contribution in [0.3, 0.4) is 0 Å². The Hall–Kier alpha value is -3.07. The molecule has 200 valence electrons. The van der Waals surface area contributed by atoms with Gasteiger partial charge in [-0.3, -0.25) is 24.2 Å². The lowest BCUT2D eigenvalue weighted by Gasteiger charge is -2.25. The van der Waals surface area contributed by atoms with Crippen LogP contribution >= 0.6 is 11.8 Å². The molecule has 0 aromatic rings. The first-order valence-electron chi connectivity index (χ1n) is 11.0. The summed E-state index contributed by atoms with van der Waals surface area (Å²) in [6, 6.07) is -4.88. The number of nitrogens with one attached hydrogen (secondary N) is 3. The fourth-order valence-corrected chi connectivity index (χ4v) is 3.24. The van der Waals surface area contributed by atoms with Gasteiger partial charge in [-0.15, -0.1) is 0 Å². The molecular weight excluding hydrogens is 482 g/mol. The molecule has 4 unspecified atom stereocenters. The van der Waals surface area contributed by atoms with Crippen molar-refractivity contribution in [2.45, 2.75) is 63.7 Å². The van der Waals surface area contributed by atoms with Gasteiger partial charge in [0.15, 0.2) is 5.96 Å². The van der Waals surface area contributed by atoms with Gasteiger partial charge in [0.1, 0.15) is 18.1 Å². The molecule has 0 rings (SSSR count). The van der Waals surface area contributed by atoms with Crippen LogP contribution in [0.1, 0.15) is 39.5 Å². The summed E-state index contributed by atoms with van der Waals surface area (Å²) in [5.41, 5.74) is 16.3. The number of carbonyl (C=O) groups excluding carboxylic acids is 3. The summed E-state index contributed by atoms with van der Waals surface area (Å²) >= 11 is 1.42. The molecule has 0 aromatic carbocycles. The summed E-state index contributed by atoms with van der Waals surface area (Å²) in [4.78, 5) is 64.5. The molecule has 0 aliphatic rings. The highest BCUT2D eigenvalue weighted by atomic mass is 32.2. The molecule has 0 bridgehead atoms. The van der Waals surface area contributed by atoms with E-state index >= 15 is 0 Å². The zero-order chi connectivity index (χ0) is 27.1. The van der Waals surface area contributed by atoms with Gasteiger partial charge in [-0.25, -0.2) is 4.79 Å². The van der Waals surface area contributed by atoms with Crippen molar-refractivity contribution in [3.8, 4) is 0 Å². The van der Waals surface area contributed by atoms with E-state index in [0.29, 0.717) is 5.75 Å². The Labute approximate surface area is 208 Å². The number of rotatable bonds is 17. The maximum absolute atomic E-state index is 12.9. The quantitative estimate of drug-likeness (QED) is 0.0580. The average Bonchev–Trinajstić information content (AvgIpc) is 2.76. The lowest BCUT2D eigenvalue weighted by Crippen LogP contribution is -2.58. The molecule has 0 aliphatic heterocycles. The molecule has 0 saturated carbocycles. The highest BCUT2D eigenvalue weighted by Gasteiger charge is 2.31. The molecule has 0 fully saturated rings. The van der Waals surface area contributed by atoms with E-state index in [-0.39, 0.29) is 37.7 Å². The molecule has 14 nitrogen and oxygen atoms in total. The molecular formula is C20H37N7O7S. The predicted octanol–water partition coefficient (Wildman–Crippen LogP) is -2.21. The molecule has 4 atom stereocenters. The third-order valence-electron chi connectivity index (χ3n) is 4.84. The van der Waals surface area contributed by atoms with Crippen LogP contribution in [0, 0.1) is 5.92 Å². The number of thioether (sulfide) groups is 1. The van der Waals surface area contributed by atoms with Gasteiger partial charge >= 0.3 is 11.9 Å². The van der Waals surface area contributed by atoms with Gasteiger partial charge in [0.05, 0.1) is 12.5 Å². The maximum atomic E-state index is 12.9. The molecule has 15 heteroatoms. The molecule has 0 aliphatic carbocycles. The molecule has 11 N–H and O–H groups in total. The Kier molecular flexibility index (Phi) is 15.1. The minimum absolute atomic E-state index is 0.0366. The summed E-state index contributed by atoms with van der Waals surface area (Å²) in [5.74, 6) is -4.96. The summed E-state index contributed by atoms with van der Waals surface area (Å²) in [7, 11) is 0. The minimum atomic E-state index is -1.58. The van der Waals surface area contributed by atoms with Crippen LogP contribution < -0.4 is 33.2 Å². The van der Waals surface area contributed by atoms with E-state index in [0.717, 1.165) is 0 Å². The van der Waals surface area contributed by atoms with Crippen molar-refractivity contribution in [1.82, 2.24) is 16.0 Å². The van der Waals surface area contributed by atoms with Crippen LogP contribution in [0.15, 0.2) is 4.99 Å². The van der Waals surface area contributed by atoms with Crippen molar-refractivity contribution in [3.05, 3.63) is 0 Å². The first-order valence-corrected chi connectivity index (χ1v) is 12.3. The van der Waals surface area contributed by atoms with Crippen molar-refractivity contribution in [2.75, 3.05) is 18.6 Å². The number of aliphatic carboxylic acids is 2. The Balaban J connectivity index is 5.45. The molecule has 0 radical (unpaired) electrons. The van der Waals surface area contributed by atoms with Crippen LogP contribution in [0.4, 0.5) is 0 Å². The standard InChI is InChI=1S/C20H37N7O7S/c1-10(2)15(21)18(32)25-11(6-8-35-3)16(30)27-13(9-14(28)29)17(31)26-12(19(33)34)5-4-7-24-20(22)23/h10-13,15H,4-9,21H2,1-3H3,(H,25,32)(H,26,31)(H,27,30)(H,28,29)(H,33,34)(H4,22,23,24). The minimum Gasteiger partial charge on any atom is -0.481 e. The number of nitrogens with zero attached hydrogens (tertiary/aromatic N) is 1. The number of amides is 3. The predicted molar refractivity (Wildman–Crippen MR) is 131 cm³/mol. The van der Waals surface area contributed by atoms with E-state index in [4.69, 9.17) is 17.2 Å². The number of hydrogen-bond donors (Lipinski definition) is 8. The number of aliphatic imine (C=N–C) groups is 1. The summed E-state index contributed by atoms with van der Waals surface area (Å²) in [6.45, 7) is 3.61. The van der Waals surface area contributed by atoms with Crippen molar-refractivity contribution in [1.29, 1.82) is 0 Å². The van der Waals surface area contributed by atoms with Crippen molar-refractivity contribution >= 4 is 47.4 Å². The highest BCUT2D eigenvalue weighted by molar-refractivity contribution is 7.98. The third kappa shape index (κ3) is 13.4. The summed E-state index contributed by atoms with van der Waals surface area (Å²) in [5, 5.41) is 25.7. The third-order valence-corrected chi connectivity index (χ3v) is 5.48. The van der Waals surface area contributed by atoms with Crippen molar-refractivity contribution in [3.63, 3.8) is 0 Å². The van der Waals surface area contributed by atoms with Gasteiger partial charge < -0.3 is 43.4 Å². The number of carbonyl (C=O) groups is 5. The van der Waals surface area contributed by atoms with Crippen LogP contribution in [-0.4, -0.2) is 88.6 Å². The topological polar surface area (TPSA) is 252 Å². The Morgan fingerprint density at radius 3 is 1.91 bits per heavy atom. The van der Waals surface area contributed by atoms with E-state index in [2.05, 4.69) is 20.9 Å². The van der Waals surface area contributed by atoms with Crippen molar-refractivity contribution in [2.24, 2.45) is 28.1 Å². The summed E-state index contributed by atoms with van der Waals surface area (Å²) in [6.07, 6.45) is 1.39.